The van der Waals surface area contributed by atoms with Gasteiger partial charge in [0.25, 0.3) is 0 Å². The molecule has 1 amide bonds. The molecule has 2 saturated carbocycles. The van der Waals surface area contributed by atoms with Crippen molar-refractivity contribution in [1.82, 2.24) is 20.5 Å². The lowest BCUT2D eigenvalue weighted by Crippen LogP contribution is -2.59. The minimum absolute atomic E-state index is 0.102. The average molecular weight is 355 g/mol. The highest BCUT2D eigenvalue weighted by Crippen LogP contribution is 2.65. The van der Waals surface area contributed by atoms with Crippen LogP contribution in [-0.2, 0) is 14.4 Å². The molecule has 6 atom stereocenters. The van der Waals surface area contributed by atoms with E-state index >= 15 is 0 Å². The number of nitrogens with two attached hydrogens (primary N) is 1. The van der Waals surface area contributed by atoms with Crippen LogP contribution in [0.1, 0.15) is 13.3 Å². The number of carbonyl (C=O) groups excluding carboxylic acids is 1. The first kappa shape index (κ1) is 16.7. The van der Waals surface area contributed by atoms with E-state index in [4.69, 9.17) is 5.73 Å². The summed E-state index contributed by atoms with van der Waals surface area (Å²) in [4.78, 5) is 38.2. The molecule has 6 N–H and O–H groups in total. The van der Waals surface area contributed by atoms with Crippen LogP contribution in [0, 0.1) is 17.8 Å². The van der Waals surface area contributed by atoms with E-state index < -0.39 is 41.3 Å². The molecule has 2 fully saturated rings. The maximum atomic E-state index is 12.0. The molecular weight excluding hydrogens is 338 g/mol. The number of carboxylic acids is 2. The van der Waals surface area contributed by atoms with Gasteiger partial charge in [-0.25, -0.2) is 4.79 Å². The lowest BCUT2D eigenvalue weighted by atomic mass is 9.89. The second kappa shape index (κ2) is 5.74. The predicted molar refractivity (Wildman–Crippen MR) is 80.9 cm³/mol. The fourth-order valence-corrected chi connectivity index (χ4v) is 4.95. The molecule has 1 heterocycles. The molecule has 0 radical (unpaired) electrons. The van der Waals surface area contributed by atoms with Gasteiger partial charge in [0.1, 0.15) is 11.9 Å². The number of aliphatic carboxylic acids is 2. The van der Waals surface area contributed by atoms with Crippen LogP contribution in [-0.4, -0.2) is 60.1 Å². The standard InChI is InChI=1S/C13H17N5O5S/c1-4(14)9(19)17-13(11(22)23)2-5(24-12-15-3-16-18-12)6-7(8(6)13)10(20)21/h3-8H,2,14H2,1H3,(H,17,19)(H,20,21)(H,22,23)(H,15,16,18)/t4-,5-,6-,7-,8-,13-/m0/s1. The molecule has 2 aliphatic rings. The SMILES string of the molecule is C[C@H](N)C(=O)N[C@@]1(C(=O)O)C[C@H](Sc2nnc[nH]2)[C@H]2[C@H](C(=O)O)[C@H]21. The molecule has 130 valence electrons. The molecule has 0 unspecified atom stereocenters. The van der Waals surface area contributed by atoms with Gasteiger partial charge < -0.3 is 26.2 Å². The molecule has 0 bridgehead atoms. The number of aromatic amines is 1. The number of carbonyl (C=O) groups is 3. The van der Waals surface area contributed by atoms with E-state index in [9.17, 15) is 24.6 Å². The highest BCUT2D eigenvalue weighted by molar-refractivity contribution is 7.99. The monoisotopic (exact) mass is 355 g/mol. The maximum Gasteiger partial charge on any atom is 0.329 e. The number of fused-ring (bicyclic) bond motifs is 1. The number of H-pyrrole nitrogens is 1. The Labute approximate surface area is 140 Å². The van der Waals surface area contributed by atoms with E-state index in [0.29, 0.717) is 5.16 Å². The number of aromatic nitrogens is 3. The second-order valence-corrected chi connectivity index (χ2v) is 7.40. The third-order valence-electron chi connectivity index (χ3n) is 4.68. The van der Waals surface area contributed by atoms with Crippen molar-refractivity contribution in [2.24, 2.45) is 23.5 Å². The topological polar surface area (TPSA) is 171 Å². The van der Waals surface area contributed by atoms with Gasteiger partial charge in [-0.2, -0.15) is 0 Å². The Morgan fingerprint density at radius 1 is 1.50 bits per heavy atom. The molecule has 2 aliphatic carbocycles. The molecule has 10 nitrogen and oxygen atoms in total. The summed E-state index contributed by atoms with van der Waals surface area (Å²) in [5, 5.41) is 29.3. The molecular formula is C13H17N5O5S. The second-order valence-electron chi connectivity index (χ2n) is 6.18. The molecule has 0 aliphatic heterocycles. The van der Waals surface area contributed by atoms with Crippen LogP contribution in [0.15, 0.2) is 11.5 Å². The summed E-state index contributed by atoms with van der Waals surface area (Å²) >= 11 is 1.25. The average Bonchev–Trinajstić information content (AvgIpc) is 2.90. The van der Waals surface area contributed by atoms with E-state index in [1.807, 2.05) is 0 Å². The first-order valence-corrected chi connectivity index (χ1v) is 8.22. The van der Waals surface area contributed by atoms with Gasteiger partial charge in [-0.05, 0) is 19.3 Å². The Balaban J connectivity index is 1.90. The third-order valence-corrected chi connectivity index (χ3v) is 5.89. The van der Waals surface area contributed by atoms with Crippen molar-refractivity contribution in [2.45, 2.75) is 35.3 Å². The largest absolute Gasteiger partial charge is 0.481 e. The Hall–Kier alpha value is -2.14. The van der Waals surface area contributed by atoms with Crippen molar-refractivity contribution < 1.29 is 24.6 Å². The molecule has 0 saturated heterocycles. The minimum atomic E-state index is -1.63. The first-order valence-electron chi connectivity index (χ1n) is 7.34. The summed E-state index contributed by atoms with van der Waals surface area (Å²) in [6.45, 7) is 1.44. The predicted octanol–water partition coefficient (Wildman–Crippen LogP) is -1.10. The Morgan fingerprint density at radius 3 is 2.71 bits per heavy atom. The quantitative estimate of drug-likeness (QED) is 0.425. The van der Waals surface area contributed by atoms with Gasteiger partial charge in [-0.15, -0.1) is 10.2 Å². The van der Waals surface area contributed by atoms with Gasteiger partial charge in [0.05, 0.1) is 12.0 Å². The van der Waals surface area contributed by atoms with Crippen molar-refractivity contribution in [1.29, 1.82) is 0 Å². The fourth-order valence-electron chi connectivity index (χ4n) is 3.61. The van der Waals surface area contributed by atoms with E-state index in [2.05, 4.69) is 20.5 Å². The highest BCUT2D eigenvalue weighted by atomic mass is 32.2. The zero-order valence-electron chi connectivity index (χ0n) is 12.7. The molecule has 1 aromatic heterocycles. The van der Waals surface area contributed by atoms with Gasteiger partial charge in [-0.3, -0.25) is 9.59 Å². The number of rotatable bonds is 6. The number of amides is 1. The molecule has 11 heteroatoms. The van der Waals surface area contributed by atoms with Crippen molar-refractivity contribution in [3.05, 3.63) is 6.33 Å². The summed E-state index contributed by atoms with van der Waals surface area (Å²) in [6.07, 6.45) is 1.49. The van der Waals surface area contributed by atoms with Crippen molar-refractivity contribution in [3.8, 4) is 0 Å². The van der Waals surface area contributed by atoms with Crippen LogP contribution >= 0.6 is 11.8 Å². The van der Waals surface area contributed by atoms with Crippen LogP contribution in [0.2, 0.25) is 0 Å². The summed E-state index contributed by atoms with van der Waals surface area (Å²) in [5.74, 6) is -4.76. The van der Waals surface area contributed by atoms with Gasteiger partial charge >= 0.3 is 11.9 Å². The minimum Gasteiger partial charge on any atom is -0.481 e. The summed E-state index contributed by atoms with van der Waals surface area (Å²) in [6, 6.07) is -0.886. The normalized spacial score (nSPS) is 35.1. The van der Waals surface area contributed by atoms with Crippen molar-refractivity contribution in [3.63, 3.8) is 0 Å². The Morgan fingerprint density at radius 2 is 2.21 bits per heavy atom. The zero-order chi connectivity index (χ0) is 17.6. The molecule has 3 rings (SSSR count). The molecule has 0 spiro atoms. The zero-order valence-corrected chi connectivity index (χ0v) is 13.5. The van der Waals surface area contributed by atoms with E-state index in [0.717, 1.165) is 0 Å². The van der Waals surface area contributed by atoms with Crippen LogP contribution in [0.25, 0.3) is 0 Å². The van der Waals surface area contributed by atoms with Crippen LogP contribution in [0.5, 0.6) is 0 Å². The summed E-state index contributed by atoms with van der Waals surface area (Å²) in [5.41, 5.74) is 3.89. The van der Waals surface area contributed by atoms with Crippen LogP contribution < -0.4 is 11.1 Å². The smallest absolute Gasteiger partial charge is 0.329 e. The summed E-state index contributed by atoms with van der Waals surface area (Å²) in [7, 11) is 0. The number of thioether (sulfide) groups is 1. The lowest BCUT2D eigenvalue weighted by molar-refractivity contribution is -0.149. The number of hydrogen-bond acceptors (Lipinski definition) is 7. The van der Waals surface area contributed by atoms with Gasteiger partial charge in [0, 0.05) is 11.2 Å². The molecule has 0 aromatic carbocycles. The molecule has 24 heavy (non-hydrogen) atoms. The number of carboxylic acid groups (broad SMARTS) is 2. The van der Waals surface area contributed by atoms with Gasteiger partial charge in [-0.1, -0.05) is 11.8 Å². The van der Waals surface area contributed by atoms with Crippen molar-refractivity contribution >= 4 is 29.6 Å². The van der Waals surface area contributed by atoms with Crippen molar-refractivity contribution in [2.75, 3.05) is 0 Å². The van der Waals surface area contributed by atoms with Crippen LogP contribution in [0.4, 0.5) is 0 Å². The van der Waals surface area contributed by atoms with E-state index in [1.54, 1.807) is 0 Å². The number of nitrogens with zero attached hydrogens (tertiary/aromatic N) is 2. The number of hydrogen-bond donors (Lipinski definition) is 5. The highest BCUT2D eigenvalue weighted by Gasteiger charge is 2.75. The van der Waals surface area contributed by atoms with Gasteiger partial charge in [0.2, 0.25) is 5.91 Å². The fraction of sp³-hybridized carbons (Fsp3) is 0.615. The van der Waals surface area contributed by atoms with Crippen LogP contribution in [0.3, 0.4) is 0 Å². The Bertz CT molecular complexity index is 680. The Kier molecular flexibility index (Phi) is 4.00. The maximum absolute atomic E-state index is 12.0. The summed E-state index contributed by atoms with van der Waals surface area (Å²) < 4.78 is 0. The third kappa shape index (κ3) is 2.53. The van der Waals surface area contributed by atoms with Gasteiger partial charge in [0.15, 0.2) is 5.16 Å². The first-order chi connectivity index (χ1) is 11.3. The number of nitrogens with one attached hydrogen (secondary N) is 2. The van der Waals surface area contributed by atoms with E-state index in [1.165, 1.54) is 25.0 Å². The van der Waals surface area contributed by atoms with E-state index in [-0.39, 0.29) is 17.6 Å². The lowest BCUT2D eigenvalue weighted by Gasteiger charge is -2.30. The molecule has 1 aromatic rings.